The van der Waals surface area contributed by atoms with E-state index in [1.54, 1.807) is 0 Å². The third kappa shape index (κ3) is 2.53. The zero-order valence-electron chi connectivity index (χ0n) is 12.6. The lowest BCUT2D eigenvalue weighted by Gasteiger charge is -2.22. The Bertz CT molecular complexity index is 668. The smallest absolute Gasteiger partial charge is 0.244 e. The molecular weight excluding hydrogens is 264 g/mol. The van der Waals surface area contributed by atoms with Gasteiger partial charge in [-0.25, -0.2) is 0 Å². The Hall–Kier alpha value is -1.88. The standard InChI is InChI=1S/C16H22N4O/c1-11(2)20-14-9-13(6-5-12(14)10-18-20)19-15(21)16(17)7-3-4-8-16/h5-6,9-11H,3-4,7-8,17H2,1-2H3,(H,19,21). The number of carbonyl (C=O) groups is 1. The van der Waals surface area contributed by atoms with E-state index in [9.17, 15) is 4.79 Å². The SMILES string of the molecule is CC(C)n1ncc2ccc(NC(=O)C3(N)CCCC3)cc21. The number of carbonyl (C=O) groups excluding carboxylic acids is 1. The van der Waals surface area contributed by atoms with Crippen molar-refractivity contribution in [2.24, 2.45) is 5.73 Å². The summed E-state index contributed by atoms with van der Waals surface area (Å²) in [6.45, 7) is 4.18. The van der Waals surface area contributed by atoms with Crippen molar-refractivity contribution >= 4 is 22.5 Å². The lowest BCUT2D eigenvalue weighted by atomic mass is 9.98. The molecule has 5 nitrogen and oxygen atoms in total. The highest BCUT2D eigenvalue weighted by molar-refractivity contribution is 5.99. The highest BCUT2D eigenvalue weighted by Crippen LogP contribution is 2.29. The van der Waals surface area contributed by atoms with Gasteiger partial charge in [0.2, 0.25) is 5.91 Å². The molecule has 3 N–H and O–H groups in total. The van der Waals surface area contributed by atoms with Gasteiger partial charge in [0.1, 0.15) is 0 Å². The van der Waals surface area contributed by atoms with Gasteiger partial charge in [0.15, 0.2) is 0 Å². The average Bonchev–Trinajstić information content (AvgIpc) is 3.05. The Morgan fingerprint density at radius 3 is 2.76 bits per heavy atom. The zero-order valence-corrected chi connectivity index (χ0v) is 12.6. The Balaban J connectivity index is 1.87. The predicted octanol–water partition coefficient (Wildman–Crippen LogP) is 2.83. The summed E-state index contributed by atoms with van der Waals surface area (Å²) < 4.78 is 1.96. The van der Waals surface area contributed by atoms with Crippen molar-refractivity contribution in [3.63, 3.8) is 0 Å². The van der Waals surface area contributed by atoms with Crippen molar-refractivity contribution in [3.8, 4) is 0 Å². The van der Waals surface area contributed by atoms with E-state index in [0.29, 0.717) is 0 Å². The van der Waals surface area contributed by atoms with Gasteiger partial charge in [-0.15, -0.1) is 0 Å². The molecule has 1 fully saturated rings. The molecule has 0 unspecified atom stereocenters. The van der Waals surface area contributed by atoms with Crippen LogP contribution < -0.4 is 11.1 Å². The molecule has 1 amide bonds. The van der Waals surface area contributed by atoms with E-state index in [-0.39, 0.29) is 11.9 Å². The van der Waals surface area contributed by atoms with E-state index in [4.69, 9.17) is 5.73 Å². The number of nitrogens with one attached hydrogen (secondary N) is 1. The summed E-state index contributed by atoms with van der Waals surface area (Å²) in [6, 6.07) is 6.14. The highest BCUT2D eigenvalue weighted by atomic mass is 16.2. The van der Waals surface area contributed by atoms with E-state index < -0.39 is 5.54 Å². The van der Waals surface area contributed by atoms with Gasteiger partial charge in [-0.3, -0.25) is 9.48 Å². The molecule has 1 aliphatic rings. The van der Waals surface area contributed by atoms with Crippen molar-refractivity contribution in [1.82, 2.24) is 9.78 Å². The van der Waals surface area contributed by atoms with Gasteiger partial charge in [-0.1, -0.05) is 12.8 Å². The normalized spacial score (nSPS) is 17.5. The number of fused-ring (bicyclic) bond motifs is 1. The Labute approximate surface area is 124 Å². The van der Waals surface area contributed by atoms with Crippen molar-refractivity contribution in [3.05, 3.63) is 24.4 Å². The van der Waals surface area contributed by atoms with Crippen molar-refractivity contribution in [1.29, 1.82) is 0 Å². The summed E-state index contributed by atoms with van der Waals surface area (Å²) in [5.41, 5.74) is 7.30. The quantitative estimate of drug-likeness (QED) is 0.911. The molecule has 112 valence electrons. The van der Waals surface area contributed by atoms with Crippen LogP contribution in [0, 0.1) is 0 Å². The molecule has 5 heteroatoms. The van der Waals surface area contributed by atoms with E-state index in [1.165, 1.54) is 0 Å². The van der Waals surface area contributed by atoms with Crippen LogP contribution in [0.5, 0.6) is 0 Å². The fourth-order valence-electron chi connectivity index (χ4n) is 3.02. The van der Waals surface area contributed by atoms with Crippen LogP contribution in [0.1, 0.15) is 45.6 Å². The van der Waals surface area contributed by atoms with E-state index in [0.717, 1.165) is 42.3 Å². The van der Waals surface area contributed by atoms with Crippen molar-refractivity contribution in [2.45, 2.75) is 51.1 Å². The number of amides is 1. The lowest BCUT2D eigenvalue weighted by Crippen LogP contribution is -2.48. The number of anilines is 1. The topological polar surface area (TPSA) is 72.9 Å². The number of nitrogens with zero attached hydrogens (tertiary/aromatic N) is 2. The maximum absolute atomic E-state index is 12.4. The van der Waals surface area contributed by atoms with Crippen LogP contribution in [0.4, 0.5) is 5.69 Å². The first-order chi connectivity index (χ1) is 9.99. The molecule has 1 aromatic heterocycles. The highest BCUT2D eigenvalue weighted by Gasteiger charge is 2.36. The van der Waals surface area contributed by atoms with Gasteiger partial charge < -0.3 is 11.1 Å². The van der Waals surface area contributed by atoms with E-state index in [1.807, 2.05) is 29.1 Å². The number of nitrogens with two attached hydrogens (primary N) is 1. The first-order valence-corrected chi connectivity index (χ1v) is 7.57. The maximum Gasteiger partial charge on any atom is 0.244 e. The average molecular weight is 286 g/mol. The molecular formula is C16H22N4O. The van der Waals surface area contributed by atoms with Crippen LogP contribution in [-0.2, 0) is 4.79 Å². The molecule has 21 heavy (non-hydrogen) atoms. The molecule has 1 saturated carbocycles. The first kappa shape index (κ1) is 14.1. The summed E-state index contributed by atoms with van der Waals surface area (Å²) in [5.74, 6) is -0.0741. The van der Waals surface area contributed by atoms with Gasteiger partial charge in [-0.2, -0.15) is 5.10 Å². The summed E-state index contributed by atoms with van der Waals surface area (Å²) in [5, 5.41) is 8.43. The van der Waals surface area contributed by atoms with Crippen LogP contribution in [0.15, 0.2) is 24.4 Å². The Morgan fingerprint density at radius 2 is 2.10 bits per heavy atom. The molecule has 0 atom stereocenters. The maximum atomic E-state index is 12.4. The van der Waals surface area contributed by atoms with Gasteiger partial charge in [0.25, 0.3) is 0 Å². The molecule has 0 saturated heterocycles. The van der Waals surface area contributed by atoms with Crippen LogP contribution >= 0.6 is 0 Å². The number of hydrogen-bond donors (Lipinski definition) is 2. The van der Waals surface area contributed by atoms with Gasteiger partial charge in [0, 0.05) is 17.1 Å². The Morgan fingerprint density at radius 1 is 1.38 bits per heavy atom. The summed E-state index contributed by atoms with van der Waals surface area (Å²) >= 11 is 0. The van der Waals surface area contributed by atoms with Crippen LogP contribution in [0.3, 0.4) is 0 Å². The minimum atomic E-state index is -0.701. The molecule has 0 aliphatic heterocycles. The van der Waals surface area contributed by atoms with Crippen LogP contribution in [-0.4, -0.2) is 21.2 Å². The number of rotatable bonds is 3. The van der Waals surface area contributed by atoms with Crippen molar-refractivity contribution < 1.29 is 4.79 Å². The molecule has 0 radical (unpaired) electrons. The number of aromatic nitrogens is 2. The molecule has 1 aliphatic carbocycles. The fraction of sp³-hybridized carbons (Fsp3) is 0.500. The molecule has 1 aromatic carbocycles. The number of hydrogen-bond acceptors (Lipinski definition) is 3. The first-order valence-electron chi connectivity index (χ1n) is 7.57. The molecule has 0 spiro atoms. The van der Waals surface area contributed by atoms with Crippen LogP contribution in [0.2, 0.25) is 0 Å². The summed E-state index contributed by atoms with van der Waals surface area (Å²) in [7, 11) is 0. The molecule has 2 aromatic rings. The second-order valence-corrected chi connectivity index (χ2v) is 6.27. The predicted molar refractivity (Wildman–Crippen MR) is 84.1 cm³/mol. The molecule has 0 bridgehead atoms. The summed E-state index contributed by atoms with van der Waals surface area (Å²) in [4.78, 5) is 12.4. The lowest BCUT2D eigenvalue weighted by molar-refractivity contribution is -0.121. The van der Waals surface area contributed by atoms with Crippen molar-refractivity contribution in [2.75, 3.05) is 5.32 Å². The van der Waals surface area contributed by atoms with Gasteiger partial charge >= 0.3 is 0 Å². The second kappa shape index (κ2) is 5.15. The van der Waals surface area contributed by atoms with Gasteiger partial charge in [-0.05, 0) is 44.9 Å². The summed E-state index contributed by atoms with van der Waals surface area (Å²) in [6.07, 6.45) is 5.45. The van der Waals surface area contributed by atoms with E-state index >= 15 is 0 Å². The second-order valence-electron chi connectivity index (χ2n) is 6.27. The largest absolute Gasteiger partial charge is 0.324 e. The third-order valence-corrected chi connectivity index (χ3v) is 4.29. The fourth-order valence-corrected chi connectivity index (χ4v) is 3.02. The number of benzene rings is 1. The third-order valence-electron chi connectivity index (χ3n) is 4.29. The monoisotopic (exact) mass is 286 g/mol. The molecule has 1 heterocycles. The van der Waals surface area contributed by atoms with Gasteiger partial charge in [0.05, 0.1) is 17.3 Å². The van der Waals surface area contributed by atoms with Crippen LogP contribution in [0.25, 0.3) is 10.9 Å². The van der Waals surface area contributed by atoms with E-state index in [2.05, 4.69) is 24.3 Å². The minimum absolute atomic E-state index is 0.0741. The Kier molecular flexibility index (Phi) is 3.45. The minimum Gasteiger partial charge on any atom is -0.324 e. The zero-order chi connectivity index (χ0) is 15.0. The molecule has 3 rings (SSSR count).